The number of amides is 1. The highest BCUT2D eigenvalue weighted by Crippen LogP contribution is 2.44. The number of rotatable bonds is 7. The molecule has 2 aliphatic rings. The Hall–Kier alpha value is -4.06. The van der Waals surface area contributed by atoms with Gasteiger partial charge in [0.25, 0.3) is 0 Å². The van der Waals surface area contributed by atoms with Gasteiger partial charge in [0.15, 0.2) is 0 Å². The lowest BCUT2D eigenvalue weighted by molar-refractivity contribution is -0.117. The van der Waals surface area contributed by atoms with Gasteiger partial charge in [-0.3, -0.25) is 4.79 Å². The number of aromatic carboxylic acids is 1. The highest BCUT2D eigenvalue weighted by Gasteiger charge is 2.26. The summed E-state index contributed by atoms with van der Waals surface area (Å²) in [5.74, 6) is 0.535. The molecule has 39 heavy (non-hydrogen) atoms. The molecule has 1 amide bonds. The van der Waals surface area contributed by atoms with Crippen LogP contribution in [0.5, 0.6) is 5.75 Å². The summed E-state index contributed by atoms with van der Waals surface area (Å²) in [5, 5.41) is 10.7. The number of aromatic nitrogens is 1. The Labute approximate surface area is 228 Å². The highest BCUT2D eigenvalue weighted by molar-refractivity contribution is 5.98. The predicted octanol–water partition coefficient (Wildman–Crippen LogP) is 7.30. The van der Waals surface area contributed by atoms with Crippen LogP contribution in [0.3, 0.4) is 0 Å². The van der Waals surface area contributed by atoms with Crippen LogP contribution >= 0.6 is 0 Å². The van der Waals surface area contributed by atoms with Crippen LogP contribution in [-0.4, -0.2) is 28.1 Å². The van der Waals surface area contributed by atoms with Crippen LogP contribution < -0.4 is 9.64 Å². The lowest BCUT2D eigenvalue weighted by Gasteiger charge is -2.23. The summed E-state index contributed by atoms with van der Waals surface area (Å²) in [6, 6.07) is 21.8. The van der Waals surface area contributed by atoms with Crippen molar-refractivity contribution in [2.24, 2.45) is 7.05 Å². The molecular weight excluding hydrogens is 488 g/mol. The number of carbonyl (C=O) groups is 2. The number of hydrogen-bond acceptors (Lipinski definition) is 3. The molecule has 0 unspecified atom stereocenters. The summed E-state index contributed by atoms with van der Waals surface area (Å²) in [7, 11) is 2.04. The molecule has 1 aliphatic carbocycles. The minimum atomic E-state index is -0.905. The third-order valence-corrected chi connectivity index (χ3v) is 8.33. The third kappa shape index (κ3) is 4.91. The van der Waals surface area contributed by atoms with Gasteiger partial charge in [0.05, 0.1) is 11.3 Å². The first-order valence-electron chi connectivity index (χ1n) is 14.0. The summed E-state index contributed by atoms with van der Waals surface area (Å²) in [6.07, 6.45) is 7.59. The van der Waals surface area contributed by atoms with Crippen molar-refractivity contribution in [3.8, 4) is 17.0 Å². The van der Waals surface area contributed by atoms with Crippen LogP contribution in [0.4, 0.5) is 5.69 Å². The van der Waals surface area contributed by atoms with Gasteiger partial charge in [0.1, 0.15) is 12.4 Å². The first-order chi connectivity index (χ1) is 19.0. The van der Waals surface area contributed by atoms with Crippen LogP contribution in [0, 0.1) is 0 Å². The van der Waals surface area contributed by atoms with Crippen molar-refractivity contribution in [2.45, 2.75) is 57.5 Å². The lowest BCUT2D eigenvalue weighted by atomic mass is 9.82. The maximum atomic E-state index is 12.1. The molecule has 0 atom stereocenters. The van der Waals surface area contributed by atoms with E-state index in [2.05, 4.69) is 16.7 Å². The summed E-state index contributed by atoms with van der Waals surface area (Å²) >= 11 is 0. The van der Waals surface area contributed by atoms with Gasteiger partial charge in [-0.1, -0.05) is 37.5 Å². The fraction of sp³-hybridized carbons (Fsp3) is 0.333. The quantitative estimate of drug-likeness (QED) is 0.276. The van der Waals surface area contributed by atoms with E-state index in [0.29, 0.717) is 24.5 Å². The number of fused-ring (bicyclic) bond motifs is 1. The molecule has 6 heteroatoms. The van der Waals surface area contributed by atoms with Gasteiger partial charge in [-0.15, -0.1) is 0 Å². The van der Waals surface area contributed by atoms with Crippen molar-refractivity contribution in [3.05, 3.63) is 83.4 Å². The zero-order valence-corrected chi connectivity index (χ0v) is 22.4. The largest absolute Gasteiger partial charge is 0.489 e. The molecule has 6 rings (SSSR count). The van der Waals surface area contributed by atoms with Crippen LogP contribution in [0.15, 0.2) is 66.7 Å². The molecule has 1 saturated heterocycles. The van der Waals surface area contributed by atoms with E-state index in [9.17, 15) is 14.7 Å². The van der Waals surface area contributed by atoms with Crippen molar-refractivity contribution in [1.29, 1.82) is 0 Å². The monoisotopic (exact) mass is 522 g/mol. The average Bonchev–Trinajstić information content (AvgIpc) is 3.53. The smallest absolute Gasteiger partial charge is 0.335 e. The average molecular weight is 523 g/mol. The van der Waals surface area contributed by atoms with E-state index in [-0.39, 0.29) is 5.91 Å². The number of nitrogens with zero attached hydrogens (tertiary/aromatic N) is 2. The first-order valence-corrected chi connectivity index (χ1v) is 14.0. The minimum absolute atomic E-state index is 0.184. The number of anilines is 1. The van der Waals surface area contributed by atoms with Crippen molar-refractivity contribution in [3.63, 3.8) is 0 Å². The Bertz CT molecular complexity index is 1530. The van der Waals surface area contributed by atoms with Gasteiger partial charge in [-0.2, -0.15) is 0 Å². The molecule has 3 aromatic carbocycles. The number of aryl methyl sites for hydroxylation is 1. The molecule has 4 aromatic rings. The van der Waals surface area contributed by atoms with Crippen LogP contribution in [0.1, 0.15) is 72.3 Å². The Morgan fingerprint density at radius 3 is 2.49 bits per heavy atom. The van der Waals surface area contributed by atoms with Gasteiger partial charge >= 0.3 is 5.97 Å². The van der Waals surface area contributed by atoms with Gasteiger partial charge < -0.3 is 19.3 Å². The molecule has 2 fully saturated rings. The normalized spacial score (nSPS) is 16.2. The summed E-state index contributed by atoms with van der Waals surface area (Å²) in [5.41, 5.74) is 6.84. The number of carboxylic acids is 1. The Balaban J connectivity index is 1.27. The molecule has 0 spiro atoms. The zero-order valence-electron chi connectivity index (χ0n) is 22.4. The van der Waals surface area contributed by atoms with E-state index in [1.807, 2.05) is 54.4 Å². The fourth-order valence-corrected chi connectivity index (χ4v) is 6.36. The Morgan fingerprint density at radius 2 is 1.77 bits per heavy atom. The number of benzene rings is 3. The van der Waals surface area contributed by atoms with Crippen molar-refractivity contribution < 1.29 is 19.4 Å². The second-order valence-electron chi connectivity index (χ2n) is 10.8. The molecule has 2 heterocycles. The number of ether oxygens (including phenoxy) is 1. The summed E-state index contributed by atoms with van der Waals surface area (Å²) in [4.78, 5) is 25.7. The number of carbonyl (C=O) groups excluding carboxylic acids is 1. The Kier molecular flexibility index (Phi) is 6.86. The van der Waals surface area contributed by atoms with E-state index < -0.39 is 5.97 Å². The third-order valence-electron chi connectivity index (χ3n) is 8.33. The Morgan fingerprint density at radius 1 is 0.974 bits per heavy atom. The van der Waals surface area contributed by atoms with Gasteiger partial charge in [0.2, 0.25) is 5.91 Å². The van der Waals surface area contributed by atoms with E-state index in [1.54, 1.807) is 12.1 Å². The van der Waals surface area contributed by atoms with E-state index in [4.69, 9.17) is 4.74 Å². The van der Waals surface area contributed by atoms with Crippen LogP contribution in [0.25, 0.3) is 22.2 Å². The van der Waals surface area contributed by atoms with Gasteiger partial charge in [-0.05, 0) is 90.4 Å². The van der Waals surface area contributed by atoms with Crippen molar-refractivity contribution >= 4 is 28.5 Å². The van der Waals surface area contributed by atoms with Crippen LogP contribution in [-0.2, 0) is 18.4 Å². The zero-order chi connectivity index (χ0) is 26.9. The van der Waals surface area contributed by atoms with Crippen LogP contribution in [0.2, 0.25) is 0 Å². The SMILES string of the molecule is Cn1c(-c2ccc(OCc3cccc(N4CCCC4=O)c3)cc2)c(C2CCCCC2)c2ccc(C(=O)O)cc21. The minimum Gasteiger partial charge on any atom is -0.489 e. The second-order valence-corrected chi connectivity index (χ2v) is 10.8. The molecule has 0 bridgehead atoms. The second kappa shape index (κ2) is 10.6. The predicted molar refractivity (Wildman–Crippen MR) is 154 cm³/mol. The first kappa shape index (κ1) is 25.2. The fourth-order valence-electron chi connectivity index (χ4n) is 6.36. The molecule has 0 radical (unpaired) electrons. The molecule has 1 aromatic heterocycles. The van der Waals surface area contributed by atoms with Crippen molar-refractivity contribution in [2.75, 3.05) is 11.4 Å². The number of carboxylic acid groups (broad SMARTS) is 1. The highest BCUT2D eigenvalue weighted by atomic mass is 16.5. The maximum Gasteiger partial charge on any atom is 0.335 e. The molecule has 200 valence electrons. The molecule has 1 saturated carbocycles. The molecule has 1 N–H and O–H groups in total. The van der Waals surface area contributed by atoms with E-state index in [0.717, 1.165) is 65.0 Å². The van der Waals surface area contributed by atoms with Crippen molar-refractivity contribution in [1.82, 2.24) is 4.57 Å². The summed E-state index contributed by atoms with van der Waals surface area (Å²) < 4.78 is 8.29. The number of hydrogen-bond donors (Lipinski definition) is 1. The lowest BCUT2D eigenvalue weighted by Crippen LogP contribution is -2.23. The maximum absolute atomic E-state index is 12.1. The van der Waals surface area contributed by atoms with E-state index in [1.165, 1.54) is 24.8 Å². The van der Waals surface area contributed by atoms with Gasteiger partial charge in [-0.25, -0.2) is 4.79 Å². The topological polar surface area (TPSA) is 71.8 Å². The molecule has 1 aliphatic heterocycles. The standard InChI is InChI=1S/C33H34N2O4/c1-34-29-20-25(33(37)38)14-17-28(29)31(23-8-3-2-4-9-23)32(34)24-12-15-27(16-13-24)39-21-22-7-5-10-26(19-22)35-18-6-11-30(35)36/h5,7,10,12-17,19-20,23H,2-4,6,8-9,11,18,21H2,1H3,(H,37,38). The van der Waals surface area contributed by atoms with E-state index >= 15 is 0 Å². The molecular formula is C33H34N2O4. The van der Waals surface area contributed by atoms with Gasteiger partial charge in [0, 0.05) is 36.6 Å². The molecule has 6 nitrogen and oxygen atoms in total. The summed E-state index contributed by atoms with van der Waals surface area (Å²) in [6.45, 7) is 1.20.